The van der Waals surface area contributed by atoms with Gasteiger partial charge in [0.2, 0.25) is 65.0 Å². The molecule has 2 saturated heterocycles. The van der Waals surface area contributed by atoms with E-state index in [2.05, 4.69) is 21.3 Å². The Labute approximate surface area is 572 Å². The van der Waals surface area contributed by atoms with Gasteiger partial charge in [-0.2, -0.15) is 0 Å². The lowest BCUT2D eigenvalue weighted by Gasteiger charge is -2.40. The monoisotopic (exact) mass is 1360 g/mol. The summed E-state index contributed by atoms with van der Waals surface area (Å²) in [5.74, 6) is -10.1. The number of morpholine rings is 1. The number of amides is 12. The van der Waals surface area contributed by atoms with Crippen LogP contribution in [0.25, 0.3) is 0 Å². The Morgan fingerprint density at radius 1 is 0.490 bits per heavy atom. The minimum absolute atomic E-state index is 0.0283. The molecule has 0 radical (unpaired) electrons. The first kappa shape index (κ1) is 85.2. The summed E-state index contributed by atoms with van der Waals surface area (Å²) in [4.78, 5) is 187. The summed E-state index contributed by atoms with van der Waals surface area (Å²) in [5, 5.41) is 23.4. The van der Waals surface area contributed by atoms with Crippen LogP contribution in [0.3, 0.4) is 0 Å². The Morgan fingerprint density at radius 3 is 1.34 bits per heavy atom. The van der Waals surface area contributed by atoms with Crippen LogP contribution in [0, 0.1) is 41.4 Å². The second-order valence-corrected chi connectivity index (χ2v) is 29.2. The third-order valence-electron chi connectivity index (χ3n) is 17.9. The molecule has 96 heavy (non-hydrogen) atoms. The molecule has 0 aromatic heterocycles. The molecule has 27 heteroatoms. The van der Waals surface area contributed by atoms with Crippen molar-refractivity contribution in [2.45, 2.75) is 235 Å². The Morgan fingerprint density at radius 2 is 0.885 bits per heavy atom. The maximum atomic E-state index is 15.5. The number of nitrogens with one attached hydrogen (secondary N) is 4. The van der Waals surface area contributed by atoms with Crippen LogP contribution in [0.15, 0.2) is 12.2 Å². The molecule has 2 aliphatic rings. The lowest BCUT2D eigenvalue weighted by molar-refractivity contribution is -0.154. The van der Waals surface area contributed by atoms with Gasteiger partial charge in [-0.1, -0.05) is 102 Å². The van der Waals surface area contributed by atoms with Gasteiger partial charge < -0.3 is 75.0 Å². The molecule has 0 aromatic carbocycles. The number of hydrogen-bond acceptors (Lipinski definition) is 15. The van der Waals surface area contributed by atoms with Crippen molar-refractivity contribution >= 4 is 71.1 Å². The van der Waals surface area contributed by atoms with E-state index in [1.807, 2.05) is 83.1 Å². The number of aliphatic hydroxyl groups is 1. The molecule has 0 aromatic rings. The van der Waals surface area contributed by atoms with Gasteiger partial charge in [0.1, 0.15) is 66.5 Å². The van der Waals surface area contributed by atoms with Gasteiger partial charge in [0.25, 0.3) is 0 Å². The van der Waals surface area contributed by atoms with Crippen molar-refractivity contribution in [3.8, 4) is 0 Å². The SMILES string of the molecule is C/C=C/C[C@@H](C)C(O)[C@H]1C(=O)N[C@@H](C(C)OC(=O)N2CCOCC2)C(=O)N(C)CC(=O)N(C)[C@@H](CC(C)C)C(=O)N(C)[C@@H](CC(C)C)C(=O)N(C)[C@@H](CC(C)C)C(=O)N[C@@H](C)C(=O)N[C@H](C)C(=O)N(C)[C@@H](CC(C)C)C(=O)N[C@@H](CC(C)C)C(=O)N(C)[C@@H](CC(C)C)C(=O)N1C. The third kappa shape index (κ3) is 24.9. The van der Waals surface area contributed by atoms with Crippen LogP contribution in [0.1, 0.15) is 163 Å². The third-order valence-corrected chi connectivity index (χ3v) is 17.9. The molecule has 0 bridgehead atoms. The van der Waals surface area contributed by atoms with Gasteiger partial charge in [0, 0.05) is 62.4 Å². The first-order chi connectivity index (χ1) is 44.5. The van der Waals surface area contributed by atoms with Crippen molar-refractivity contribution < 1.29 is 72.1 Å². The summed E-state index contributed by atoms with van der Waals surface area (Å²) in [5.41, 5.74) is 0. The Kier molecular flexibility index (Phi) is 35.0. The summed E-state index contributed by atoms with van der Waals surface area (Å²) in [6, 6.07) is -13.4. The molecule has 0 saturated carbocycles. The van der Waals surface area contributed by atoms with Crippen LogP contribution >= 0.6 is 0 Å². The normalized spacial score (nSPS) is 26.4. The molecule has 2 unspecified atom stereocenters. The highest BCUT2D eigenvalue weighted by Crippen LogP contribution is 2.26. The molecular formula is C69H122N12O15. The average molecular weight is 1360 g/mol. The summed E-state index contributed by atoms with van der Waals surface area (Å²) >= 11 is 0. The molecule has 2 heterocycles. The number of allylic oxidation sites excluding steroid dienone is 2. The number of aliphatic hydroxyl groups excluding tert-OH is 1. The standard InChI is InChI=1S/C69H122N12O15/c1-25-26-27-45(14)58(83)57-62(87)73-56(48(17)96-69(94)81-28-30-95-31-29-81)68(93)74(18)38-55(82)75(19)52(35-42(8)9)65(90)79(23)53(36-43(10)11)66(91)77(21)50(33-40(4)5)60(85)70-46(15)59(84)71-47(16)63(88)76(20)51(34-41(6)7)61(86)72-49(32-39(2)3)64(89)78(22)54(37-44(12)13)67(92)80(57)24/h25-26,39-54,56-58,83H,27-38H2,1-24H3,(H,70,85)(H,71,84)(H,72,86)(H,73,87)/b26-25+/t45-,46+,47-,48?,49+,50+,51+,52+,53+,54+,56+,57+,58?/m1/s1. The lowest BCUT2D eigenvalue weighted by atomic mass is 9.91. The largest absolute Gasteiger partial charge is 0.444 e. The van der Waals surface area contributed by atoms with Gasteiger partial charge in [-0.15, -0.1) is 0 Å². The molecule has 27 nitrogen and oxygen atoms in total. The summed E-state index contributed by atoms with van der Waals surface area (Å²) in [6.07, 6.45) is 0.392. The van der Waals surface area contributed by atoms with Crippen LogP contribution in [0.5, 0.6) is 0 Å². The zero-order valence-electron chi connectivity index (χ0n) is 62.4. The average Bonchev–Trinajstić information content (AvgIpc) is 0.826. The van der Waals surface area contributed by atoms with Crippen LogP contribution < -0.4 is 21.3 Å². The van der Waals surface area contributed by atoms with Crippen molar-refractivity contribution in [3.05, 3.63) is 12.2 Å². The van der Waals surface area contributed by atoms with Crippen molar-refractivity contribution in [3.63, 3.8) is 0 Å². The van der Waals surface area contributed by atoms with E-state index in [1.165, 1.54) is 99.5 Å². The Hall–Kier alpha value is -6.90. The molecule has 2 fully saturated rings. The van der Waals surface area contributed by atoms with Crippen molar-refractivity contribution in [2.75, 3.05) is 82.2 Å². The predicted octanol–water partition coefficient (Wildman–Crippen LogP) is 3.50. The Balaban J connectivity index is 3.14. The summed E-state index contributed by atoms with van der Waals surface area (Å²) in [6.45, 7) is 29.9. The Bertz CT molecular complexity index is 2660. The van der Waals surface area contributed by atoms with E-state index in [1.54, 1.807) is 26.0 Å². The maximum Gasteiger partial charge on any atom is 0.410 e. The first-order valence-electron chi connectivity index (χ1n) is 34.4. The number of rotatable bonds is 18. The van der Waals surface area contributed by atoms with E-state index in [0.29, 0.717) is 0 Å². The topological polar surface area (TPSA) is 318 Å². The van der Waals surface area contributed by atoms with Crippen LogP contribution in [-0.4, -0.2) is 270 Å². The van der Waals surface area contributed by atoms with Gasteiger partial charge in [-0.3, -0.25) is 52.7 Å². The van der Waals surface area contributed by atoms with Crippen molar-refractivity contribution in [1.29, 1.82) is 0 Å². The molecule has 0 aliphatic carbocycles. The second-order valence-electron chi connectivity index (χ2n) is 29.2. The number of carbonyl (C=O) groups excluding carboxylic acids is 12. The minimum atomic E-state index is -1.79. The van der Waals surface area contributed by atoms with Gasteiger partial charge in [0.15, 0.2) is 0 Å². The summed E-state index contributed by atoms with van der Waals surface area (Å²) < 4.78 is 11.4. The van der Waals surface area contributed by atoms with Gasteiger partial charge in [-0.05, 0) is 114 Å². The van der Waals surface area contributed by atoms with Crippen LogP contribution in [0.4, 0.5) is 4.79 Å². The second kappa shape index (κ2) is 39.5. The number of hydrogen-bond donors (Lipinski definition) is 5. The van der Waals surface area contributed by atoms with E-state index in [4.69, 9.17) is 9.47 Å². The highest BCUT2D eigenvalue weighted by molar-refractivity contribution is 5.99. The lowest BCUT2D eigenvalue weighted by Crippen LogP contribution is -2.64. The number of carbonyl (C=O) groups is 12. The van der Waals surface area contributed by atoms with Crippen molar-refractivity contribution in [1.82, 2.24) is 60.5 Å². The van der Waals surface area contributed by atoms with Crippen LogP contribution in [-0.2, 0) is 62.2 Å². The highest BCUT2D eigenvalue weighted by atomic mass is 16.6. The first-order valence-corrected chi connectivity index (χ1v) is 34.4. The fourth-order valence-corrected chi connectivity index (χ4v) is 12.0. The molecule has 2 rings (SSSR count). The molecule has 13 atom stereocenters. The van der Waals surface area contributed by atoms with E-state index < -0.39 is 156 Å². The number of ether oxygens (including phenoxy) is 2. The molecule has 5 N–H and O–H groups in total. The highest BCUT2D eigenvalue weighted by Gasteiger charge is 2.46. The summed E-state index contributed by atoms with van der Waals surface area (Å²) in [7, 11) is 9.69. The molecule has 548 valence electrons. The molecule has 0 spiro atoms. The molecular weight excluding hydrogens is 1240 g/mol. The fraction of sp³-hybridized carbons (Fsp3) is 0.797. The predicted molar refractivity (Wildman–Crippen MR) is 366 cm³/mol. The van der Waals surface area contributed by atoms with E-state index in [0.717, 1.165) is 9.80 Å². The van der Waals surface area contributed by atoms with Crippen molar-refractivity contribution in [2.24, 2.45) is 41.4 Å². The quantitative estimate of drug-likeness (QED) is 0.123. The van der Waals surface area contributed by atoms with E-state index in [-0.39, 0.29) is 107 Å². The smallest absolute Gasteiger partial charge is 0.410 e. The van der Waals surface area contributed by atoms with Gasteiger partial charge in [0.05, 0.1) is 25.9 Å². The molecule has 12 amide bonds. The van der Waals surface area contributed by atoms with Crippen LogP contribution in [0.2, 0.25) is 0 Å². The van der Waals surface area contributed by atoms with E-state index >= 15 is 28.8 Å². The van der Waals surface area contributed by atoms with Gasteiger partial charge in [-0.25, -0.2) is 4.79 Å². The number of nitrogens with zero attached hydrogens (tertiary/aromatic N) is 8. The van der Waals surface area contributed by atoms with E-state index in [9.17, 15) is 33.9 Å². The maximum absolute atomic E-state index is 15.5. The zero-order valence-corrected chi connectivity index (χ0v) is 62.4. The minimum Gasteiger partial charge on any atom is -0.444 e. The van der Waals surface area contributed by atoms with Gasteiger partial charge >= 0.3 is 6.09 Å². The zero-order chi connectivity index (χ0) is 73.7. The number of likely N-dealkylation sites (N-methyl/N-ethyl adjacent to an activating group) is 7. The fourth-order valence-electron chi connectivity index (χ4n) is 12.0. The molecule has 2 aliphatic heterocycles.